The van der Waals surface area contributed by atoms with Crippen LogP contribution in [0.25, 0.3) is 0 Å². The number of amides is 2. The molecule has 0 unspecified atom stereocenters. The van der Waals surface area contributed by atoms with Crippen LogP contribution in [0.3, 0.4) is 0 Å². The number of nitrogens with zero attached hydrogens (tertiary/aromatic N) is 1. The average molecular weight is 402 g/mol. The highest BCUT2D eigenvalue weighted by molar-refractivity contribution is 5.98. The van der Waals surface area contributed by atoms with Crippen molar-refractivity contribution >= 4 is 18.0 Å². The molecule has 0 aliphatic carbocycles. The first-order valence-corrected chi connectivity index (χ1v) is 9.63. The largest absolute Gasteiger partial charge is 0.334 e. The van der Waals surface area contributed by atoms with Crippen LogP contribution in [0.1, 0.15) is 33.1 Å². The van der Waals surface area contributed by atoms with Crippen molar-refractivity contribution in [2.45, 2.75) is 19.0 Å². The van der Waals surface area contributed by atoms with Gasteiger partial charge in [-0.15, -0.1) is 10.1 Å². The third-order valence-corrected chi connectivity index (χ3v) is 5.04. The number of hydrogen-bond acceptors (Lipinski definition) is 2. The number of carbonyl (C=O) groups excluding carboxylic acids is 2. The number of benzene rings is 3. The van der Waals surface area contributed by atoms with Crippen LogP contribution in [0.2, 0.25) is 0 Å². The molecule has 1 saturated heterocycles. The van der Waals surface area contributed by atoms with E-state index in [9.17, 15) is 14.0 Å². The van der Waals surface area contributed by atoms with Gasteiger partial charge in [0.2, 0.25) is 12.3 Å². The predicted octanol–water partition coefficient (Wildman–Crippen LogP) is 3.15. The Hall–Kier alpha value is -3.80. The first-order valence-electron chi connectivity index (χ1n) is 9.63. The van der Waals surface area contributed by atoms with E-state index in [-0.39, 0.29) is 17.6 Å². The summed E-state index contributed by atoms with van der Waals surface area (Å²) in [6, 6.07) is 21.4. The van der Waals surface area contributed by atoms with Crippen LogP contribution in [0.4, 0.5) is 4.39 Å². The molecule has 2 N–H and O–H groups in total. The maximum absolute atomic E-state index is 13.3. The molecule has 150 valence electrons. The van der Waals surface area contributed by atoms with Crippen LogP contribution in [-0.4, -0.2) is 28.8 Å². The topological polar surface area (TPSA) is 61.2 Å². The number of halogens is 1. The molecule has 1 aliphatic heterocycles. The van der Waals surface area contributed by atoms with Gasteiger partial charge in [0.1, 0.15) is 5.82 Å². The molecule has 2 atom stereocenters. The van der Waals surface area contributed by atoms with Crippen molar-refractivity contribution < 1.29 is 18.7 Å². The van der Waals surface area contributed by atoms with Gasteiger partial charge in [-0.3, -0.25) is 9.59 Å². The van der Waals surface area contributed by atoms with Crippen molar-refractivity contribution in [1.29, 1.82) is 0 Å². The quantitative estimate of drug-likeness (QED) is 0.659. The number of aryl methyl sites for hydroxylation is 1. The van der Waals surface area contributed by atoms with E-state index in [2.05, 4.69) is 10.7 Å². The van der Waals surface area contributed by atoms with Crippen molar-refractivity contribution in [2.24, 2.45) is 0 Å². The van der Waals surface area contributed by atoms with E-state index in [0.717, 1.165) is 16.7 Å². The summed E-state index contributed by atoms with van der Waals surface area (Å²) in [6.45, 7) is 1.95. The van der Waals surface area contributed by atoms with Gasteiger partial charge in [-0.25, -0.2) is 4.39 Å². The third kappa shape index (κ3) is 4.12. The third-order valence-electron chi connectivity index (χ3n) is 5.04. The van der Waals surface area contributed by atoms with Crippen molar-refractivity contribution in [3.63, 3.8) is 0 Å². The summed E-state index contributed by atoms with van der Waals surface area (Å²) in [5.41, 5.74) is 5.94. The second-order valence-electron chi connectivity index (χ2n) is 7.24. The Morgan fingerprint density at radius 3 is 2.33 bits per heavy atom. The number of hydrazine groups is 1. The van der Waals surface area contributed by atoms with Gasteiger partial charge < -0.3 is 5.32 Å². The monoisotopic (exact) mass is 402 g/mol. The molecule has 0 bridgehead atoms. The van der Waals surface area contributed by atoms with E-state index >= 15 is 0 Å². The zero-order valence-electron chi connectivity index (χ0n) is 16.4. The molecule has 1 heterocycles. The minimum atomic E-state index is -0.794. The molecule has 30 heavy (non-hydrogen) atoms. The number of rotatable bonds is 4. The van der Waals surface area contributed by atoms with Crippen molar-refractivity contribution in [2.75, 3.05) is 0 Å². The predicted molar refractivity (Wildman–Crippen MR) is 112 cm³/mol. The van der Waals surface area contributed by atoms with Crippen LogP contribution in [0, 0.1) is 12.7 Å². The average Bonchev–Trinajstić information content (AvgIpc) is 3.05. The SMILES string of the molecule is Cc1ccc(C(=O)N[C@@H]2C(=O)N/[N+](=C\c3ccc(F)cc3)[C@H]2c2ccccc2)cc1. The number of hydrazone groups is 1. The van der Waals surface area contributed by atoms with Crippen LogP contribution in [0.15, 0.2) is 78.9 Å². The fourth-order valence-electron chi connectivity index (χ4n) is 3.47. The van der Waals surface area contributed by atoms with Gasteiger partial charge in [0.15, 0.2) is 6.04 Å². The highest BCUT2D eigenvalue weighted by atomic mass is 19.1. The Morgan fingerprint density at radius 1 is 1.00 bits per heavy atom. The molecule has 3 aromatic carbocycles. The lowest BCUT2D eigenvalue weighted by atomic mass is 9.99. The lowest BCUT2D eigenvalue weighted by Gasteiger charge is -2.14. The minimum absolute atomic E-state index is 0.317. The molecule has 2 amide bonds. The normalized spacial score (nSPS) is 19.5. The lowest BCUT2D eigenvalue weighted by Crippen LogP contribution is -2.42. The Labute approximate surface area is 173 Å². The summed E-state index contributed by atoms with van der Waals surface area (Å²) in [4.78, 5) is 25.6. The van der Waals surface area contributed by atoms with Gasteiger partial charge in [-0.1, -0.05) is 48.0 Å². The fraction of sp³-hybridized carbons (Fsp3) is 0.125. The van der Waals surface area contributed by atoms with Crippen molar-refractivity contribution in [3.8, 4) is 0 Å². The maximum atomic E-state index is 13.3. The standard InChI is InChI=1S/C24H20FN3O2/c1-16-7-11-19(12-8-16)23(29)26-21-22(18-5-3-2-4-6-18)28(27-24(21)30)15-17-9-13-20(25)14-10-17/h2-15,21-22H,1H3,(H-,26,27,29,30)/p+1/b28-15-/t21-,22-/m0/s1. The molecule has 0 spiro atoms. The molecule has 3 aromatic rings. The molecule has 0 radical (unpaired) electrons. The molecule has 6 heteroatoms. The number of carbonyl (C=O) groups is 2. The van der Waals surface area contributed by atoms with Crippen LogP contribution >= 0.6 is 0 Å². The first-order chi connectivity index (χ1) is 14.5. The summed E-state index contributed by atoms with van der Waals surface area (Å²) in [5.74, 6) is -0.970. The van der Waals surface area contributed by atoms with Gasteiger partial charge in [-0.2, -0.15) is 0 Å². The zero-order chi connectivity index (χ0) is 21.1. The Kier molecular flexibility index (Phi) is 5.39. The summed E-state index contributed by atoms with van der Waals surface area (Å²) in [6.07, 6.45) is 1.73. The molecule has 1 fully saturated rings. The highest BCUT2D eigenvalue weighted by Gasteiger charge is 2.47. The highest BCUT2D eigenvalue weighted by Crippen LogP contribution is 2.25. The molecule has 1 aliphatic rings. The fourth-order valence-corrected chi connectivity index (χ4v) is 3.47. The van der Waals surface area contributed by atoms with E-state index < -0.39 is 12.1 Å². The van der Waals surface area contributed by atoms with Crippen molar-refractivity contribution in [1.82, 2.24) is 10.7 Å². The van der Waals surface area contributed by atoms with E-state index in [0.29, 0.717) is 5.56 Å². The number of nitrogens with one attached hydrogen (secondary N) is 2. The summed E-state index contributed by atoms with van der Waals surface area (Å²) in [5, 5.41) is 2.87. The van der Waals surface area contributed by atoms with Gasteiger partial charge in [0.25, 0.3) is 5.91 Å². The van der Waals surface area contributed by atoms with Gasteiger partial charge in [-0.05, 0) is 43.3 Å². The molecule has 0 aromatic heterocycles. The summed E-state index contributed by atoms with van der Waals surface area (Å²) in [7, 11) is 0. The number of hydrogen-bond donors (Lipinski definition) is 2. The van der Waals surface area contributed by atoms with Gasteiger partial charge >= 0.3 is 5.91 Å². The first kappa shape index (κ1) is 19.5. The van der Waals surface area contributed by atoms with E-state index in [1.165, 1.54) is 12.1 Å². The summed E-state index contributed by atoms with van der Waals surface area (Å²) < 4.78 is 14.9. The molecule has 5 nitrogen and oxygen atoms in total. The van der Waals surface area contributed by atoms with Crippen LogP contribution in [-0.2, 0) is 4.79 Å². The minimum Gasteiger partial charge on any atom is -0.334 e. The Morgan fingerprint density at radius 2 is 1.67 bits per heavy atom. The Balaban J connectivity index is 1.68. The zero-order valence-corrected chi connectivity index (χ0v) is 16.4. The second-order valence-corrected chi connectivity index (χ2v) is 7.24. The molecular weight excluding hydrogens is 381 g/mol. The summed E-state index contributed by atoms with van der Waals surface area (Å²) >= 11 is 0. The lowest BCUT2D eigenvalue weighted by molar-refractivity contribution is -0.596. The molecule has 0 saturated carbocycles. The van der Waals surface area contributed by atoms with E-state index in [4.69, 9.17) is 0 Å². The maximum Gasteiger partial charge on any atom is 0.304 e. The second kappa shape index (κ2) is 8.29. The van der Waals surface area contributed by atoms with E-state index in [1.807, 2.05) is 49.4 Å². The molecule has 4 rings (SSSR count). The van der Waals surface area contributed by atoms with Gasteiger partial charge in [0, 0.05) is 16.7 Å². The van der Waals surface area contributed by atoms with Crippen LogP contribution in [0.5, 0.6) is 0 Å². The smallest absolute Gasteiger partial charge is 0.304 e. The van der Waals surface area contributed by atoms with Gasteiger partial charge in [0.05, 0.1) is 0 Å². The van der Waals surface area contributed by atoms with E-state index in [1.54, 1.807) is 35.2 Å². The Bertz CT molecular complexity index is 1090. The molecular formula is C24H21FN3O2+. The van der Waals surface area contributed by atoms with Crippen molar-refractivity contribution in [3.05, 3.63) is 107 Å². The van der Waals surface area contributed by atoms with Crippen LogP contribution < -0.4 is 10.7 Å².